The summed E-state index contributed by atoms with van der Waals surface area (Å²) in [5.74, 6) is 0.563. The van der Waals surface area contributed by atoms with Gasteiger partial charge in [-0.3, -0.25) is 9.59 Å². The lowest BCUT2D eigenvalue weighted by atomic mass is 10.1. The summed E-state index contributed by atoms with van der Waals surface area (Å²) in [5, 5.41) is 4.15. The van der Waals surface area contributed by atoms with Gasteiger partial charge in [-0.25, -0.2) is 0 Å². The van der Waals surface area contributed by atoms with E-state index in [2.05, 4.69) is 10.3 Å². The summed E-state index contributed by atoms with van der Waals surface area (Å²) in [6, 6.07) is 16.7. The van der Waals surface area contributed by atoms with Gasteiger partial charge < -0.3 is 15.0 Å². The quantitative estimate of drug-likeness (QED) is 0.777. The van der Waals surface area contributed by atoms with E-state index in [1.807, 2.05) is 36.4 Å². The number of benzene rings is 2. The maximum Gasteiger partial charge on any atom is 0.267 e. The van der Waals surface area contributed by atoms with Crippen molar-refractivity contribution in [3.63, 3.8) is 0 Å². The van der Waals surface area contributed by atoms with Crippen molar-refractivity contribution in [1.82, 2.24) is 10.3 Å². The van der Waals surface area contributed by atoms with Crippen molar-refractivity contribution >= 4 is 16.7 Å². The lowest BCUT2D eigenvalue weighted by Gasteiger charge is -2.12. The van der Waals surface area contributed by atoms with Gasteiger partial charge in [0.15, 0.2) is 0 Å². The fourth-order valence-corrected chi connectivity index (χ4v) is 3.00. The lowest BCUT2D eigenvalue weighted by molar-refractivity contribution is 0.0928. The van der Waals surface area contributed by atoms with Crippen molar-refractivity contribution < 1.29 is 9.53 Å². The summed E-state index contributed by atoms with van der Waals surface area (Å²) in [6.45, 7) is 0.391. The first-order valence-corrected chi connectivity index (χ1v) is 7.85. The molecule has 24 heavy (non-hydrogen) atoms. The van der Waals surface area contributed by atoms with Crippen LogP contribution in [0, 0.1) is 0 Å². The third kappa shape index (κ3) is 2.65. The fraction of sp³-hybridized carbons (Fsp3) is 0.158. The first-order chi connectivity index (χ1) is 11.7. The summed E-state index contributed by atoms with van der Waals surface area (Å²) in [5.41, 5.74) is 1.15. The molecule has 120 valence electrons. The molecule has 1 aromatic heterocycles. The van der Waals surface area contributed by atoms with Gasteiger partial charge in [0.1, 0.15) is 17.5 Å². The van der Waals surface area contributed by atoms with Crippen molar-refractivity contribution in [2.45, 2.75) is 12.5 Å². The molecule has 1 atom stereocenters. The van der Waals surface area contributed by atoms with Gasteiger partial charge in [-0.1, -0.05) is 36.4 Å². The molecule has 0 unspecified atom stereocenters. The SMILES string of the molecule is O=C(NC[C@@H]1Cc2ccccc2O1)c1cc2ccccc2c(=O)[nH]1. The highest BCUT2D eigenvalue weighted by molar-refractivity contribution is 5.96. The number of hydrogen-bond donors (Lipinski definition) is 2. The Labute approximate surface area is 138 Å². The predicted molar refractivity (Wildman–Crippen MR) is 91.5 cm³/mol. The van der Waals surface area contributed by atoms with Crippen LogP contribution in [0.15, 0.2) is 59.4 Å². The summed E-state index contributed by atoms with van der Waals surface area (Å²) in [6.07, 6.45) is 0.684. The van der Waals surface area contributed by atoms with E-state index in [0.29, 0.717) is 11.9 Å². The number of para-hydroxylation sites is 1. The van der Waals surface area contributed by atoms with Crippen LogP contribution in [-0.4, -0.2) is 23.5 Å². The molecule has 5 nitrogen and oxygen atoms in total. The van der Waals surface area contributed by atoms with Gasteiger partial charge in [-0.2, -0.15) is 0 Å². The van der Waals surface area contributed by atoms with Crippen LogP contribution in [0.3, 0.4) is 0 Å². The smallest absolute Gasteiger partial charge is 0.267 e. The van der Waals surface area contributed by atoms with E-state index < -0.39 is 0 Å². The molecule has 5 heteroatoms. The van der Waals surface area contributed by atoms with E-state index in [1.54, 1.807) is 18.2 Å². The molecule has 0 saturated carbocycles. The monoisotopic (exact) mass is 320 g/mol. The van der Waals surface area contributed by atoms with Gasteiger partial charge in [0.25, 0.3) is 11.5 Å². The third-order valence-electron chi connectivity index (χ3n) is 4.20. The number of H-pyrrole nitrogens is 1. The number of pyridine rings is 1. The topological polar surface area (TPSA) is 71.2 Å². The van der Waals surface area contributed by atoms with Gasteiger partial charge in [0, 0.05) is 11.8 Å². The summed E-state index contributed by atoms with van der Waals surface area (Å²) in [4.78, 5) is 27.0. The Bertz CT molecular complexity index is 953. The molecule has 4 rings (SSSR count). The van der Waals surface area contributed by atoms with Gasteiger partial charge in [-0.15, -0.1) is 0 Å². The highest BCUT2D eigenvalue weighted by atomic mass is 16.5. The molecule has 0 saturated heterocycles. The molecule has 2 heterocycles. The normalized spacial score (nSPS) is 15.8. The number of aromatic amines is 1. The van der Waals surface area contributed by atoms with E-state index >= 15 is 0 Å². The minimum atomic E-state index is -0.308. The van der Waals surface area contributed by atoms with Crippen LogP contribution in [0.4, 0.5) is 0 Å². The van der Waals surface area contributed by atoms with E-state index in [0.717, 1.165) is 23.1 Å². The minimum Gasteiger partial charge on any atom is -0.488 e. The van der Waals surface area contributed by atoms with E-state index in [4.69, 9.17) is 4.74 Å². The van der Waals surface area contributed by atoms with Crippen LogP contribution < -0.4 is 15.6 Å². The van der Waals surface area contributed by atoms with Gasteiger partial charge in [-0.05, 0) is 29.1 Å². The second-order valence-corrected chi connectivity index (χ2v) is 5.86. The number of carbonyl (C=O) groups excluding carboxylic acids is 1. The van der Waals surface area contributed by atoms with E-state index in [-0.39, 0.29) is 23.3 Å². The second kappa shape index (κ2) is 5.85. The molecular formula is C19H16N2O3. The molecule has 1 aliphatic rings. The zero-order chi connectivity index (χ0) is 16.5. The van der Waals surface area contributed by atoms with Crippen LogP contribution in [0.25, 0.3) is 10.8 Å². The van der Waals surface area contributed by atoms with Crippen molar-refractivity contribution in [2.75, 3.05) is 6.54 Å². The maximum absolute atomic E-state index is 12.3. The number of hydrogen-bond acceptors (Lipinski definition) is 3. The highest BCUT2D eigenvalue weighted by Gasteiger charge is 2.23. The summed E-state index contributed by atoms with van der Waals surface area (Å²) >= 11 is 0. The van der Waals surface area contributed by atoms with Gasteiger partial charge >= 0.3 is 0 Å². The molecule has 0 spiro atoms. The molecule has 0 bridgehead atoms. The number of carbonyl (C=O) groups is 1. The standard InChI is InChI=1S/C19H16N2O3/c22-18-15-7-3-1-5-12(15)10-16(21-18)19(23)20-11-14-9-13-6-2-4-8-17(13)24-14/h1-8,10,14H,9,11H2,(H,20,23)(H,21,22)/t14-/m0/s1. The summed E-state index contributed by atoms with van der Waals surface area (Å²) < 4.78 is 5.80. The molecule has 2 N–H and O–H groups in total. The van der Waals surface area contributed by atoms with Crippen LogP contribution in [-0.2, 0) is 6.42 Å². The fourth-order valence-electron chi connectivity index (χ4n) is 3.00. The Balaban J connectivity index is 1.47. The second-order valence-electron chi connectivity index (χ2n) is 5.86. The number of rotatable bonds is 3. The average Bonchev–Trinajstić information content (AvgIpc) is 3.02. The number of ether oxygens (including phenoxy) is 1. The molecule has 0 fully saturated rings. The first-order valence-electron chi connectivity index (χ1n) is 7.85. The maximum atomic E-state index is 12.3. The number of aromatic nitrogens is 1. The lowest BCUT2D eigenvalue weighted by Crippen LogP contribution is -2.35. The van der Waals surface area contributed by atoms with Crippen molar-refractivity contribution in [1.29, 1.82) is 0 Å². The zero-order valence-corrected chi connectivity index (χ0v) is 12.9. The average molecular weight is 320 g/mol. The molecule has 1 amide bonds. The Hall–Kier alpha value is -3.08. The van der Waals surface area contributed by atoms with Crippen LogP contribution in [0.5, 0.6) is 5.75 Å². The van der Waals surface area contributed by atoms with Crippen molar-refractivity contribution in [3.8, 4) is 5.75 Å². The Kier molecular flexibility index (Phi) is 3.54. The highest BCUT2D eigenvalue weighted by Crippen LogP contribution is 2.27. The Morgan fingerprint density at radius 2 is 1.96 bits per heavy atom. The Morgan fingerprint density at radius 3 is 2.83 bits per heavy atom. The zero-order valence-electron chi connectivity index (χ0n) is 12.9. The van der Waals surface area contributed by atoms with Crippen LogP contribution in [0.2, 0.25) is 0 Å². The van der Waals surface area contributed by atoms with Crippen LogP contribution in [0.1, 0.15) is 16.1 Å². The number of amides is 1. The first kappa shape index (κ1) is 14.5. The molecule has 3 aromatic rings. The largest absolute Gasteiger partial charge is 0.488 e. The van der Waals surface area contributed by atoms with Crippen molar-refractivity contribution in [3.05, 3.63) is 76.2 Å². The van der Waals surface area contributed by atoms with Gasteiger partial charge in [0.2, 0.25) is 0 Å². The molecule has 1 aliphatic heterocycles. The molecular weight excluding hydrogens is 304 g/mol. The summed E-state index contributed by atoms with van der Waals surface area (Å²) in [7, 11) is 0. The number of nitrogens with one attached hydrogen (secondary N) is 2. The van der Waals surface area contributed by atoms with E-state index in [9.17, 15) is 9.59 Å². The molecule has 0 radical (unpaired) electrons. The van der Waals surface area contributed by atoms with Crippen molar-refractivity contribution in [2.24, 2.45) is 0 Å². The minimum absolute atomic E-state index is 0.0847. The predicted octanol–water partition coefficient (Wildman–Crippen LogP) is 2.26. The van der Waals surface area contributed by atoms with E-state index in [1.165, 1.54) is 0 Å². The van der Waals surface area contributed by atoms with Crippen LogP contribution >= 0.6 is 0 Å². The van der Waals surface area contributed by atoms with Gasteiger partial charge in [0.05, 0.1) is 6.54 Å². The molecule has 0 aliphatic carbocycles. The number of fused-ring (bicyclic) bond motifs is 2. The Morgan fingerprint density at radius 1 is 1.17 bits per heavy atom. The molecule has 2 aromatic carbocycles. The third-order valence-corrected chi connectivity index (χ3v) is 4.20.